The number of benzene rings is 1. The molecule has 1 aliphatic rings. The van der Waals surface area contributed by atoms with Crippen molar-refractivity contribution in [3.63, 3.8) is 0 Å². The largest absolute Gasteiger partial charge is 0.490 e. The second-order valence-electron chi connectivity index (χ2n) is 4.80. The molecular weight excluding hydrogens is 308 g/mol. The molecule has 22 heavy (non-hydrogen) atoms. The van der Waals surface area contributed by atoms with Crippen molar-refractivity contribution in [3.05, 3.63) is 18.2 Å². The van der Waals surface area contributed by atoms with E-state index in [1.54, 1.807) is 13.2 Å². The summed E-state index contributed by atoms with van der Waals surface area (Å²) in [7, 11) is -1.94. The van der Waals surface area contributed by atoms with Crippen LogP contribution in [-0.4, -0.2) is 55.0 Å². The second-order valence-corrected chi connectivity index (χ2v) is 6.57. The molecule has 0 saturated heterocycles. The molecule has 1 aromatic rings. The predicted octanol–water partition coefficient (Wildman–Crippen LogP) is 0.362. The van der Waals surface area contributed by atoms with Gasteiger partial charge in [-0.3, -0.25) is 0 Å². The SMILES string of the molecule is COCCNCCNS(=O)(=O)c1ccc2c(c1)OCCCO2. The van der Waals surface area contributed by atoms with Gasteiger partial charge >= 0.3 is 0 Å². The van der Waals surface area contributed by atoms with Crippen molar-refractivity contribution < 1.29 is 22.6 Å². The summed E-state index contributed by atoms with van der Waals surface area (Å²) in [4.78, 5) is 0.175. The summed E-state index contributed by atoms with van der Waals surface area (Å²) < 4.78 is 42.9. The van der Waals surface area contributed by atoms with Crippen LogP contribution in [0.3, 0.4) is 0 Å². The molecule has 0 radical (unpaired) electrons. The van der Waals surface area contributed by atoms with E-state index in [9.17, 15) is 8.42 Å². The van der Waals surface area contributed by atoms with Gasteiger partial charge < -0.3 is 19.5 Å². The Morgan fingerprint density at radius 1 is 1.14 bits per heavy atom. The third-order valence-corrected chi connectivity index (χ3v) is 4.56. The van der Waals surface area contributed by atoms with Gasteiger partial charge in [-0.15, -0.1) is 0 Å². The van der Waals surface area contributed by atoms with E-state index in [1.807, 2.05) is 0 Å². The summed E-state index contributed by atoms with van der Waals surface area (Å²) in [5.74, 6) is 1.05. The van der Waals surface area contributed by atoms with Crippen molar-refractivity contribution in [2.24, 2.45) is 0 Å². The Morgan fingerprint density at radius 2 is 1.91 bits per heavy atom. The van der Waals surface area contributed by atoms with Crippen LogP contribution in [0.1, 0.15) is 6.42 Å². The van der Waals surface area contributed by atoms with Crippen molar-refractivity contribution in [2.75, 3.05) is 46.6 Å². The fourth-order valence-electron chi connectivity index (χ4n) is 1.97. The number of hydrogen-bond donors (Lipinski definition) is 2. The average molecular weight is 330 g/mol. The van der Waals surface area contributed by atoms with Gasteiger partial charge in [-0.2, -0.15) is 0 Å². The van der Waals surface area contributed by atoms with Crippen molar-refractivity contribution in [2.45, 2.75) is 11.3 Å². The molecule has 0 aliphatic carbocycles. The number of nitrogens with one attached hydrogen (secondary N) is 2. The first-order valence-electron chi connectivity index (χ1n) is 7.22. The van der Waals surface area contributed by atoms with Crippen LogP contribution in [-0.2, 0) is 14.8 Å². The molecule has 0 atom stereocenters. The van der Waals surface area contributed by atoms with E-state index in [-0.39, 0.29) is 4.90 Å². The highest BCUT2D eigenvalue weighted by Gasteiger charge is 2.18. The summed E-state index contributed by atoms with van der Waals surface area (Å²) in [6.07, 6.45) is 0.780. The Labute approximate surface area is 131 Å². The fraction of sp³-hybridized carbons (Fsp3) is 0.571. The van der Waals surface area contributed by atoms with Gasteiger partial charge in [0.2, 0.25) is 10.0 Å². The molecule has 0 unspecified atom stereocenters. The maximum absolute atomic E-state index is 12.2. The van der Waals surface area contributed by atoms with Crippen LogP contribution in [0.15, 0.2) is 23.1 Å². The monoisotopic (exact) mass is 330 g/mol. The number of fused-ring (bicyclic) bond motifs is 1. The van der Waals surface area contributed by atoms with Crippen molar-refractivity contribution in [1.29, 1.82) is 0 Å². The molecule has 124 valence electrons. The van der Waals surface area contributed by atoms with Crippen LogP contribution in [0, 0.1) is 0 Å². The lowest BCUT2D eigenvalue weighted by Crippen LogP contribution is -2.33. The van der Waals surface area contributed by atoms with Crippen LogP contribution in [0.5, 0.6) is 11.5 Å². The maximum Gasteiger partial charge on any atom is 0.240 e. The highest BCUT2D eigenvalue weighted by atomic mass is 32.2. The Morgan fingerprint density at radius 3 is 2.68 bits per heavy atom. The summed E-state index contributed by atoms with van der Waals surface area (Å²) in [5, 5.41) is 3.07. The normalized spacial score (nSPS) is 14.6. The molecule has 1 aromatic carbocycles. The van der Waals surface area contributed by atoms with Crippen LogP contribution in [0.4, 0.5) is 0 Å². The van der Waals surface area contributed by atoms with E-state index >= 15 is 0 Å². The molecule has 2 N–H and O–H groups in total. The lowest BCUT2D eigenvalue weighted by molar-refractivity contribution is 0.199. The molecule has 0 bridgehead atoms. The number of ether oxygens (including phenoxy) is 3. The Kier molecular flexibility index (Phi) is 6.44. The molecule has 1 aliphatic heterocycles. The van der Waals surface area contributed by atoms with Crippen molar-refractivity contribution in [3.8, 4) is 11.5 Å². The molecule has 1 heterocycles. The smallest absolute Gasteiger partial charge is 0.240 e. The first-order valence-corrected chi connectivity index (χ1v) is 8.71. The molecule has 0 fully saturated rings. The third kappa shape index (κ3) is 4.84. The standard InChI is InChI=1S/C14H22N2O5S/c1-19-10-7-15-5-6-16-22(17,18)12-3-4-13-14(11-12)21-9-2-8-20-13/h3-4,11,15-16H,2,5-10H2,1H3. The van der Waals surface area contributed by atoms with E-state index in [0.717, 1.165) is 6.42 Å². The molecule has 0 amide bonds. The van der Waals surface area contributed by atoms with Crippen LogP contribution in [0.25, 0.3) is 0 Å². The van der Waals surface area contributed by atoms with Gasteiger partial charge in [0.05, 0.1) is 24.7 Å². The molecule has 0 saturated carbocycles. The minimum atomic E-state index is -3.56. The predicted molar refractivity (Wildman–Crippen MR) is 82.0 cm³/mol. The number of rotatable bonds is 8. The Balaban J connectivity index is 1.93. The van der Waals surface area contributed by atoms with Gasteiger partial charge in [-0.25, -0.2) is 13.1 Å². The van der Waals surface area contributed by atoms with Gasteiger partial charge in [0, 0.05) is 39.2 Å². The molecular formula is C14H22N2O5S. The zero-order chi connectivity index (χ0) is 15.8. The first kappa shape index (κ1) is 17.0. The second kappa shape index (κ2) is 8.33. The Hall–Kier alpha value is -1.35. The average Bonchev–Trinajstić information content (AvgIpc) is 2.75. The summed E-state index contributed by atoms with van der Waals surface area (Å²) in [6, 6.07) is 4.65. The number of sulfonamides is 1. The lowest BCUT2D eigenvalue weighted by atomic mass is 10.3. The van der Waals surface area contributed by atoms with Crippen LogP contribution >= 0.6 is 0 Å². The first-order chi connectivity index (χ1) is 10.6. The van der Waals surface area contributed by atoms with Crippen molar-refractivity contribution in [1.82, 2.24) is 10.0 Å². The van der Waals surface area contributed by atoms with E-state index in [0.29, 0.717) is 51.0 Å². The third-order valence-electron chi connectivity index (χ3n) is 3.11. The summed E-state index contributed by atoms with van der Waals surface area (Å²) >= 11 is 0. The maximum atomic E-state index is 12.2. The van der Waals surface area contributed by atoms with Gasteiger partial charge in [0.25, 0.3) is 0 Å². The van der Waals surface area contributed by atoms with Crippen LogP contribution in [0.2, 0.25) is 0 Å². The van der Waals surface area contributed by atoms with Gasteiger partial charge in [0.1, 0.15) is 0 Å². The Bertz CT molecular complexity index is 577. The summed E-state index contributed by atoms with van der Waals surface area (Å²) in [5.41, 5.74) is 0. The van der Waals surface area contributed by atoms with Crippen molar-refractivity contribution >= 4 is 10.0 Å². The molecule has 7 nitrogen and oxygen atoms in total. The topological polar surface area (TPSA) is 85.9 Å². The van der Waals surface area contributed by atoms with Gasteiger partial charge in [0.15, 0.2) is 11.5 Å². The highest BCUT2D eigenvalue weighted by Crippen LogP contribution is 2.31. The minimum Gasteiger partial charge on any atom is -0.490 e. The minimum absolute atomic E-state index is 0.175. The zero-order valence-corrected chi connectivity index (χ0v) is 13.4. The zero-order valence-electron chi connectivity index (χ0n) is 12.6. The van der Waals surface area contributed by atoms with Gasteiger partial charge in [-0.05, 0) is 12.1 Å². The van der Waals surface area contributed by atoms with Gasteiger partial charge in [-0.1, -0.05) is 0 Å². The van der Waals surface area contributed by atoms with E-state index in [4.69, 9.17) is 14.2 Å². The molecule has 0 spiro atoms. The fourth-order valence-corrected chi connectivity index (χ4v) is 3.01. The molecule has 0 aromatic heterocycles. The van der Waals surface area contributed by atoms with E-state index in [2.05, 4.69) is 10.0 Å². The van der Waals surface area contributed by atoms with E-state index < -0.39 is 10.0 Å². The van der Waals surface area contributed by atoms with Crippen LogP contribution < -0.4 is 19.5 Å². The molecule has 2 rings (SSSR count). The summed E-state index contributed by atoms with van der Waals surface area (Å²) in [6.45, 7) is 3.21. The number of methoxy groups -OCH3 is 1. The quantitative estimate of drug-likeness (QED) is 0.670. The highest BCUT2D eigenvalue weighted by molar-refractivity contribution is 7.89. The van der Waals surface area contributed by atoms with E-state index in [1.165, 1.54) is 12.1 Å². The lowest BCUT2D eigenvalue weighted by Gasteiger charge is -2.11. The molecule has 8 heteroatoms. The number of hydrogen-bond acceptors (Lipinski definition) is 6.